The average molecular weight is 308 g/mol. The third-order valence-corrected chi connectivity index (χ3v) is 3.24. The van der Waals surface area contributed by atoms with Crippen LogP contribution >= 0.6 is 15.9 Å². The smallest absolute Gasteiger partial charge is 0.131 e. The first-order chi connectivity index (χ1) is 8.70. The summed E-state index contributed by atoms with van der Waals surface area (Å²) in [6.07, 6.45) is 0. The van der Waals surface area contributed by atoms with Crippen molar-refractivity contribution in [3.05, 3.63) is 58.3 Å². The van der Waals surface area contributed by atoms with E-state index < -0.39 is 0 Å². The number of hydrogen-bond donors (Lipinski definition) is 1. The topological polar surface area (TPSA) is 12.0 Å². The van der Waals surface area contributed by atoms with E-state index in [4.69, 9.17) is 0 Å². The van der Waals surface area contributed by atoms with E-state index in [0.717, 1.165) is 22.1 Å². The molecule has 0 aliphatic heterocycles. The van der Waals surface area contributed by atoms with Gasteiger partial charge in [0, 0.05) is 16.6 Å². The van der Waals surface area contributed by atoms with Gasteiger partial charge in [0.1, 0.15) is 5.82 Å². The van der Waals surface area contributed by atoms with Crippen LogP contribution < -0.4 is 5.32 Å². The van der Waals surface area contributed by atoms with Gasteiger partial charge in [0.05, 0.1) is 0 Å². The second-order valence-corrected chi connectivity index (χ2v) is 5.02. The van der Waals surface area contributed by atoms with E-state index in [1.165, 1.54) is 0 Å². The fraction of sp³-hybridized carbons (Fsp3) is 0.200. The number of nitrogens with one attached hydrogen (secondary N) is 1. The quantitative estimate of drug-likeness (QED) is 0.884. The fourth-order valence-electron chi connectivity index (χ4n) is 1.83. The normalized spacial score (nSPS) is 10.6. The molecule has 0 heterocycles. The first-order valence-corrected chi connectivity index (χ1v) is 6.75. The first-order valence-electron chi connectivity index (χ1n) is 5.96. The molecule has 0 aromatic heterocycles. The van der Waals surface area contributed by atoms with Gasteiger partial charge in [-0.25, -0.2) is 4.39 Å². The Morgan fingerprint density at radius 3 is 2.67 bits per heavy atom. The maximum Gasteiger partial charge on any atom is 0.131 e. The molecule has 0 bridgehead atoms. The molecule has 0 atom stereocenters. The monoisotopic (exact) mass is 307 g/mol. The molecule has 1 N–H and O–H groups in total. The molecule has 3 heteroatoms. The first kappa shape index (κ1) is 13.2. The van der Waals surface area contributed by atoms with Gasteiger partial charge in [-0.2, -0.15) is 0 Å². The van der Waals surface area contributed by atoms with Gasteiger partial charge in [-0.3, -0.25) is 0 Å². The van der Waals surface area contributed by atoms with Crippen LogP contribution in [-0.2, 0) is 6.54 Å². The van der Waals surface area contributed by atoms with Crippen molar-refractivity contribution in [2.45, 2.75) is 13.5 Å². The Morgan fingerprint density at radius 1 is 1.17 bits per heavy atom. The van der Waals surface area contributed by atoms with E-state index in [1.54, 1.807) is 6.07 Å². The van der Waals surface area contributed by atoms with E-state index >= 15 is 0 Å². The highest BCUT2D eigenvalue weighted by Crippen LogP contribution is 2.26. The van der Waals surface area contributed by atoms with E-state index in [1.807, 2.05) is 43.3 Å². The summed E-state index contributed by atoms with van der Waals surface area (Å²) in [4.78, 5) is 0. The van der Waals surface area contributed by atoms with Crippen molar-refractivity contribution in [1.29, 1.82) is 0 Å². The van der Waals surface area contributed by atoms with Crippen LogP contribution in [0.3, 0.4) is 0 Å². The third kappa shape index (κ3) is 3.18. The molecule has 0 unspecified atom stereocenters. The van der Waals surface area contributed by atoms with Gasteiger partial charge in [0.25, 0.3) is 0 Å². The molecular weight excluding hydrogens is 293 g/mol. The molecule has 1 nitrogen and oxygen atoms in total. The van der Waals surface area contributed by atoms with Gasteiger partial charge in [0.15, 0.2) is 0 Å². The van der Waals surface area contributed by atoms with Crippen molar-refractivity contribution >= 4 is 15.9 Å². The molecule has 2 rings (SSSR count). The second-order valence-electron chi connectivity index (χ2n) is 4.10. The summed E-state index contributed by atoms with van der Waals surface area (Å²) < 4.78 is 15.0. The van der Waals surface area contributed by atoms with Gasteiger partial charge in [0.2, 0.25) is 0 Å². The minimum Gasteiger partial charge on any atom is -0.313 e. The van der Waals surface area contributed by atoms with E-state index in [9.17, 15) is 4.39 Å². The zero-order chi connectivity index (χ0) is 13.0. The second kappa shape index (κ2) is 6.12. The van der Waals surface area contributed by atoms with E-state index in [-0.39, 0.29) is 5.82 Å². The van der Waals surface area contributed by atoms with Crippen molar-refractivity contribution < 1.29 is 4.39 Å². The lowest BCUT2D eigenvalue weighted by Gasteiger charge is -2.07. The molecule has 0 saturated carbocycles. The number of benzene rings is 2. The molecule has 18 heavy (non-hydrogen) atoms. The molecule has 0 radical (unpaired) electrons. The predicted octanol–water partition coefficient (Wildman–Crippen LogP) is 4.36. The molecule has 94 valence electrons. The number of rotatable bonds is 4. The fourth-order valence-corrected chi connectivity index (χ4v) is 2.23. The van der Waals surface area contributed by atoms with Crippen molar-refractivity contribution in [3.63, 3.8) is 0 Å². The Kier molecular flexibility index (Phi) is 4.50. The van der Waals surface area contributed by atoms with Crippen LogP contribution in [0.4, 0.5) is 4.39 Å². The Hall–Kier alpha value is -1.19. The molecule has 0 spiro atoms. The maximum absolute atomic E-state index is 14.1. The van der Waals surface area contributed by atoms with Gasteiger partial charge in [-0.15, -0.1) is 0 Å². The number of halogens is 2. The van der Waals surface area contributed by atoms with Gasteiger partial charge >= 0.3 is 0 Å². The van der Waals surface area contributed by atoms with E-state index in [2.05, 4.69) is 21.2 Å². The van der Waals surface area contributed by atoms with Crippen molar-refractivity contribution in [3.8, 4) is 11.1 Å². The SMILES string of the molecule is CCNCc1ccc(-c2cccc(Br)c2)c(F)c1. The van der Waals surface area contributed by atoms with Crippen molar-refractivity contribution in [2.75, 3.05) is 6.54 Å². The molecule has 2 aromatic rings. The largest absolute Gasteiger partial charge is 0.313 e. The summed E-state index contributed by atoms with van der Waals surface area (Å²) in [7, 11) is 0. The lowest BCUT2D eigenvalue weighted by Crippen LogP contribution is -2.11. The van der Waals surface area contributed by atoms with Crippen LogP contribution in [0.1, 0.15) is 12.5 Å². The summed E-state index contributed by atoms with van der Waals surface area (Å²) in [6, 6.07) is 13.1. The molecule has 0 aliphatic carbocycles. The predicted molar refractivity (Wildman–Crippen MR) is 76.9 cm³/mol. The summed E-state index contributed by atoms with van der Waals surface area (Å²) >= 11 is 3.40. The standard InChI is InChI=1S/C15H15BrFN/c1-2-18-10-11-6-7-14(15(17)8-11)12-4-3-5-13(16)9-12/h3-9,18H,2,10H2,1H3. The van der Waals surface area contributed by atoms with Gasteiger partial charge in [-0.1, -0.05) is 47.1 Å². The summed E-state index contributed by atoms with van der Waals surface area (Å²) in [6.45, 7) is 3.62. The van der Waals surface area contributed by atoms with Crippen LogP contribution in [0, 0.1) is 5.82 Å². The zero-order valence-electron chi connectivity index (χ0n) is 10.2. The Labute approximate surface area is 115 Å². The van der Waals surface area contributed by atoms with Crippen LogP contribution in [0.25, 0.3) is 11.1 Å². The summed E-state index contributed by atoms with van der Waals surface area (Å²) in [5, 5.41) is 3.19. The molecule has 0 aliphatic rings. The van der Waals surface area contributed by atoms with Crippen LogP contribution in [0.2, 0.25) is 0 Å². The van der Waals surface area contributed by atoms with Crippen LogP contribution in [0.15, 0.2) is 46.9 Å². The minimum absolute atomic E-state index is 0.177. The average Bonchev–Trinajstić information content (AvgIpc) is 2.36. The molecule has 0 fully saturated rings. The molecular formula is C15H15BrFN. The zero-order valence-corrected chi connectivity index (χ0v) is 11.8. The summed E-state index contributed by atoms with van der Waals surface area (Å²) in [5.74, 6) is -0.177. The Bertz CT molecular complexity index is 540. The Morgan fingerprint density at radius 2 is 2.00 bits per heavy atom. The third-order valence-electron chi connectivity index (χ3n) is 2.75. The minimum atomic E-state index is -0.177. The highest BCUT2D eigenvalue weighted by molar-refractivity contribution is 9.10. The van der Waals surface area contributed by atoms with E-state index in [0.29, 0.717) is 12.1 Å². The highest BCUT2D eigenvalue weighted by Gasteiger charge is 2.06. The maximum atomic E-state index is 14.1. The molecule has 0 saturated heterocycles. The Balaban J connectivity index is 2.29. The molecule has 2 aromatic carbocycles. The van der Waals surface area contributed by atoms with Gasteiger partial charge < -0.3 is 5.32 Å². The highest BCUT2D eigenvalue weighted by atomic mass is 79.9. The lowest BCUT2D eigenvalue weighted by molar-refractivity contribution is 0.625. The van der Waals surface area contributed by atoms with Crippen LogP contribution in [0.5, 0.6) is 0 Å². The summed E-state index contributed by atoms with van der Waals surface area (Å²) in [5.41, 5.74) is 2.49. The van der Waals surface area contributed by atoms with Crippen molar-refractivity contribution in [2.24, 2.45) is 0 Å². The van der Waals surface area contributed by atoms with Crippen molar-refractivity contribution in [1.82, 2.24) is 5.32 Å². The lowest BCUT2D eigenvalue weighted by atomic mass is 10.0. The van der Waals surface area contributed by atoms with Crippen LogP contribution in [-0.4, -0.2) is 6.54 Å². The number of hydrogen-bond acceptors (Lipinski definition) is 1. The van der Waals surface area contributed by atoms with Gasteiger partial charge in [-0.05, 0) is 35.9 Å². The molecule has 0 amide bonds.